The van der Waals surface area contributed by atoms with E-state index >= 15 is 0 Å². The van der Waals surface area contributed by atoms with E-state index in [0.29, 0.717) is 0 Å². The highest BCUT2D eigenvalue weighted by molar-refractivity contribution is 5.33. The minimum Gasteiger partial charge on any atom is -0.206 e. The molecule has 0 spiro atoms. The van der Waals surface area contributed by atoms with Gasteiger partial charge in [-0.15, -0.1) is 0 Å². The lowest BCUT2D eigenvalue weighted by Gasteiger charge is -2.11. The molecule has 0 bridgehead atoms. The van der Waals surface area contributed by atoms with Crippen molar-refractivity contribution in [3.05, 3.63) is 34.6 Å². The largest absolute Gasteiger partial charge is 0.206 e. The van der Waals surface area contributed by atoms with Crippen LogP contribution in [0.2, 0.25) is 0 Å². The van der Waals surface area contributed by atoms with Crippen LogP contribution in [-0.4, -0.2) is 0 Å². The van der Waals surface area contributed by atoms with Gasteiger partial charge in [0.25, 0.3) is 0 Å². The summed E-state index contributed by atoms with van der Waals surface area (Å²) in [5.41, 5.74) is 2.84. The van der Waals surface area contributed by atoms with Crippen LogP contribution >= 0.6 is 0 Å². The van der Waals surface area contributed by atoms with E-state index in [1.165, 1.54) is 0 Å². The summed E-state index contributed by atoms with van der Waals surface area (Å²) in [4.78, 5) is 0. The zero-order chi connectivity index (χ0) is 10.0. The van der Waals surface area contributed by atoms with E-state index in [2.05, 4.69) is 0 Å². The van der Waals surface area contributed by atoms with Crippen molar-refractivity contribution in [3.8, 4) is 0 Å². The van der Waals surface area contributed by atoms with E-state index in [0.717, 1.165) is 23.1 Å². The highest BCUT2D eigenvalue weighted by Gasteiger charge is 2.10. The third-order valence-electron chi connectivity index (χ3n) is 2.32. The van der Waals surface area contributed by atoms with E-state index in [9.17, 15) is 4.39 Å². The fourth-order valence-electron chi connectivity index (χ4n) is 1.55. The molecule has 0 saturated carbocycles. The van der Waals surface area contributed by atoms with Crippen molar-refractivity contribution in [1.29, 1.82) is 0 Å². The van der Waals surface area contributed by atoms with Crippen LogP contribution in [0.25, 0.3) is 0 Å². The molecule has 1 heteroatoms. The lowest BCUT2D eigenvalue weighted by Crippen LogP contribution is -1.99. The maximum Gasteiger partial charge on any atom is 0.129 e. The molecule has 13 heavy (non-hydrogen) atoms. The van der Waals surface area contributed by atoms with Crippen molar-refractivity contribution in [2.45, 2.75) is 40.0 Å². The Kier molecular flexibility index (Phi) is 3.07. The van der Waals surface area contributed by atoms with Crippen LogP contribution < -0.4 is 0 Å². The summed E-state index contributed by atoms with van der Waals surface area (Å²) in [5.74, 6) is 0.258. The maximum absolute atomic E-state index is 13.7. The van der Waals surface area contributed by atoms with E-state index < -0.39 is 0 Å². The maximum atomic E-state index is 13.7. The smallest absolute Gasteiger partial charge is 0.129 e. The van der Waals surface area contributed by atoms with Crippen LogP contribution in [0.5, 0.6) is 0 Å². The summed E-state index contributed by atoms with van der Waals surface area (Å²) in [6, 6.07) is 3.88. The van der Waals surface area contributed by atoms with E-state index in [-0.39, 0.29) is 11.7 Å². The fourth-order valence-corrected chi connectivity index (χ4v) is 1.55. The summed E-state index contributed by atoms with van der Waals surface area (Å²) >= 11 is 0. The molecule has 0 fully saturated rings. The van der Waals surface area contributed by atoms with Gasteiger partial charge in [0.1, 0.15) is 5.82 Å². The van der Waals surface area contributed by atoms with Crippen molar-refractivity contribution in [1.82, 2.24) is 0 Å². The Morgan fingerprint density at radius 1 is 1.31 bits per heavy atom. The van der Waals surface area contributed by atoms with Crippen LogP contribution in [0, 0.1) is 12.7 Å². The van der Waals surface area contributed by atoms with Crippen molar-refractivity contribution >= 4 is 0 Å². The van der Waals surface area contributed by atoms with Crippen molar-refractivity contribution in [2.24, 2.45) is 0 Å². The van der Waals surface area contributed by atoms with Gasteiger partial charge in [0.2, 0.25) is 0 Å². The molecule has 0 aliphatic heterocycles. The molecule has 0 heterocycles. The summed E-state index contributed by atoms with van der Waals surface area (Å²) in [6.07, 6.45) is 0.771. The average molecular weight is 180 g/mol. The minimum absolute atomic E-state index is 0.0110. The van der Waals surface area contributed by atoms with Gasteiger partial charge in [-0.2, -0.15) is 0 Å². The zero-order valence-electron chi connectivity index (χ0n) is 8.82. The molecule has 1 aromatic rings. The number of aryl methyl sites for hydroxylation is 2. The Morgan fingerprint density at radius 2 is 1.92 bits per heavy atom. The fraction of sp³-hybridized carbons (Fsp3) is 0.500. The van der Waals surface area contributed by atoms with E-state index in [1.807, 2.05) is 39.8 Å². The Morgan fingerprint density at radius 3 is 2.38 bits per heavy atom. The third kappa shape index (κ3) is 2.09. The molecule has 0 radical (unpaired) electrons. The highest BCUT2D eigenvalue weighted by Crippen LogP contribution is 2.23. The number of rotatable bonds is 2. The Balaban J connectivity index is 3.27. The van der Waals surface area contributed by atoms with Gasteiger partial charge in [-0.3, -0.25) is 0 Å². The van der Waals surface area contributed by atoms with E-state index in [4.69, 9.17) is 0 Å². The lowest BCUT2D eigenvalue weighted by molar-refractivity contribution is 0.583. The summed E-state index contributed by atoms with van der Waals surface area (Å²) in [7, 11) is 0. The molecule has 1 rings (SSSR count). The van der Waals surface area contributed by atoms with Gasteiger partial charge in [-0.1, -0.05) is 38.5 Å². The van der Waals surface area contributed by atoms with E-state index in [1.54, 1.807) is 0 Å². The van der Waals surface area contributed by atoms with Gasteiger partial charge in [-0.25, -0.2) is 4.39 Å². The van der Waals surface area contributed by atoms with Gasteiger partial charge in [-0.05, 0) is 30.4 Å². The molecule has 72 valence electrons. The molecule has 0 aromatic heterocycles. The van der Waals surface area contributed by atoms with Crippen LogP contribution in [0.4, 0.5) is 4.39 Å². The van der Waals surface area contributed by atoms with Gasteiger partial charge in [0, 0.05) is 0 Å². The van der Waals surface area contributed by atoms with Gasteiger partial charge in [0.15, 0.2) is 0 Å². The quantitative estimate of drug-likeness (QED) is 0.649. The third-order valence-corrected chi connectivity index (χ3v) is 2.32. The SMILES string of the molecule is CCc1cc(C)cc(C(C)C)c1F. The Hall–Kier alpha value is -0.850. The van der Waals surface area contributed by atoms with Gasteiger partial charge >= 0.3 is 0 Å². The molecule has 0 nitrogen and oxygen atoms in total. The van der Waals surface area contributed by atoms with Crippen LogP contribution in [0.15, 0.2) is 12.1 Å². The van der Waals surface area contributed by atoms with Crippen LogP contribution in [0.1, 0.15) is 43.4 Å². The second-order valence-corrected chi connectivity index (χ2v) is 3.84. The minimum atomic E-state index is -0.0110. The molecular weight excluding hydrogens is 163 g/mol. The van der Waals surface area contributed by atoms with Gasteiger partial charge < -0.3 is 0 Å². The lowest BCUT2D eigenvalue weighted by atomic mass is 9.96. The van der Waals surface area contributed by atoms with Crippen molar-refractivity contribution < 1.29 is 4.39 Å². The van der Waals surface area contributed by atoms with Crippen molar-refractivity contribution in [2.75, 3.05) is 0 Å². The molecule has 0 aliphatic carbocycles. The topological polar surface area (TPSA) is 0 Å². The average Bonchev–Trinajstić information content (AvgIpc) is 2.08. The molecule has 0 aliphatic rings. The normalized spacial score (nSPS) is 10.9. The number of hydrogen-bond acceptors (Lipinski definition) is 0. The first-order chi connectivity index (χ1) is 6.06. The number of benzene rings is 1. The molecule has 0 atom stereocenters. The number of halogens is 1. The monoisotopic (exact) mass is 180 g/mol. The molecular formula is C12H17F. The number of hydrogen-bond donors (Lipinski definition) is 0. The predicted molar refractivity (Wildman–Crippen MR) is 54.6 cm³/mol. The predicted octanol–water partition coefficient (Wildman–Crippen LogP) is 3.82. The molecule has 1 aromatic carbocycles. The zero-order valence-corrected chi connectivity index (χ0v) is 8.82. The van der Waals surface area contributed by atoms with Gasteiger partial charge in [0.05, 0.1) is 0 Å². The first kappa shape index (κ1) is 10.2. The van der Waals surface area contributed by atoms with Crippen molar-refractivity contribution in [3.63, 3.8) is 0 Å². The first-order valence-corrected chi connectivity index (χ1v) is 4.85. The summed E-state index contributed by atoms with van der Waals surface area (Å²) in [5, 5.41) is 0. The summed E-state index contributed by atoms with van der Waals surface area (Å²) in [6.45, 7) is 8.06. The van der Waals surface area contributed by atoms with Crippen LogP contribution in [-0.2, 0) is 6.42 Å². The first-order valence-electron chi connectivity index (χ1n) is 4.85. The summed E-state index contributed by atoms with van der Waals surface area (Å²) < 4.78 is 13.7. The second kappa shape index (κ2) is 3.91. The highest BCUT2D eigenvalue weighted by atomic mass is 19.1. The Bertz CT molecular complexity index is 300. The van der Waals surface area contributed by atoms with Crippen LogP contribution in [0.3, 0.4) is 0 Å². The molecule has 0 saturated heterocycles. The molecule has 0 unspecified atom stereocenters. The Labute approximate surface area is 79.8 Å². The molecule has 0 N–H and O–H groups in total. The second-order valence-electron chi connectivity index (χ2n) is 3.84. The molecule has 0 amide bonds. The standard InChI is InChI=1S/C12H17F/c1-5-10-6-9(4)7-11(8(2)3)12(10)13/h6-8H,5H2,1-4H3.